The molecule has 2 rings (SSSR count). The SMILES string of the molecule is CC(C)(C)OC(=O)NCC=Cc1ccccc1OCCOC1CCCCO1. The standard InChI is InChI=1S/C21H31NO5/c1-21(2,3)27-20(23)22-13-8-10-17-9-4-5-11-18(17)24-15-16-26-19-12-6-7-14-25-19/h4-5,8-11,19H,6-7,12-16H2,1-3H3,(H,22,23). The summed E-state index contributed by atoms with van der Waals surface area (Å²) in [5, 5.41) is 2.69. The van der Waals surface area contributed by atoms with E-state index in [0.29, 0.717) is 19.8 Å². The molecule has 1 atom stereocenters. The molecule has 1 aliphatic heterocycles. The fourth-order valence-electron chi connectivity index (χ4n) is 2.57. The summed E-state index contributed by atoms with van der Waals surface area (Å²) in [5.74, 6) is 0.777. The molecule has 6 nitrogen and oxygen atoms in total. The van der Waals surface area contributed by atoms with E-state index in [2.05, 4.69) is 5.32 Å². The van der Waals surface area contributed by atoms with Crippen LogP contribution in [0.3, 0.4) is 0 Å². The highest BCUT2D eigenvalue weighted by atomic mass is 16.7. The minimum Gasteiger partial charge on any atom is -0.491 e. The molecule has 1 N–H and O–H groups in total. The predicted octanol–water partition coefficient (Wildman–Crippen LogP) is 4.15. The Kier molecular flexibility index (Phi) is 8.61. The summed E-state index contributed by atoms with van der Waals surface area (Å²) in [5.41, 5.74) is 0.441. The van der Waals surface area contributed by atoms with Gasteiger partial charge in [0.05, 0.1) is 6.61 Å². The fourth-order valence-corrected chi connectivity index (χ4v) is 2.57. The van der Waals surface area contributed by atoms with Crippen LogP contribution in [0.5, 0.6) is 5.75 Å². The van der Waals surface area contributed by atoms with Crippen molar-refractivity contribution in [1.82, 2.24) is 5.32 Å². The van der Waals surface area contributed by atoms with Gasteiger partial charge in [-0.15, -0.1) is 0 Å². The number of amides is 1. The van der Waals surface area contributed by atoms with Gasteiger partial charge in [-0.05, 0) is 46.1 Å². The molecule has 0 saturated carbocycles. The van der Waals surface area contributed by atoms with Gasteiger partial charge < -0.3 is 24.3 Å². The average Bonchev–Trinajstić information content (AvgIpc) is 2.63. The first-order valence-electron chi connectivity index (χ1n) is 9.52. The van der Waals surface area contributed by atoms with E-state index in [4.69, 9.17) is 18.9 Å². The van der Waals surface area contributed by atoms with E-state index in [1.807, 2.05) is 57.2 Å². The van der Waals surface area contributed by atoms with E-state index in [9.17, 15) is 4.79 Å². The average molecular weight is 377 g/mol. The predicted molar refractivity (Wildman–Crippen MR) is 105 cm³/mol. The van der Waals surface area contributed by atoms with Gasteiger partial charge in [-0.2, -0.15) is 0 Å². The summed E-state index contributed by atoms with van der Waals surface area (Å²) in [6.07, 6.45) is 6.45. The number of hydrogen-bond donors (Lipinski definition) is 1. The molecule has 0 aliphatic carbocycles. The van der Waals surface area contributed by atoms with E-state index < -0.39 is 11.7 Å². The summed E-state index contributed by atoms with van der Waals surface area (Å²) < 4.78 is 22.2. The third-order valence-corrected chi connectivity index (χ3v) is 3.76. The summed E-state index contributed by atoms with van der Waals surface area (Å²) >= 11 is 0. The molecular weight excluding hydrogens is 346 g/mol. The number of hydrogen-bond acceptors (Lipinski definition) is 5. The second-order valence-electron chi connectivity index (χ2n) is 7.34. The Morgan fingerprint density at radius 3 is 2.81 bits per heavy atom. The first-order valence-corrected chi connectivity index (χ1v) is 9.52. The van der Waals surface area contributed by atoms with Crippen LogP contribution in [0, 0.1) is 0 Å². The molecule has 1 aromatic carbocycles. The molecule has 1 amide bonds. The van der Waals surface area contributed by atoms with E-state index in [1.165, 1.54) is 0 Å². The quantitative estimate of drug-likeness (QED) is 0.690. The zero-order valence-corrected chi connectivity index (χ0v) is 16.5. The Balaban J connectivity index is 1.73. The number of alkyl carbamates (subject to hydrolysis) is 1. The number of carbonyl (C=O) groups is 1. The highest BCUT2D eigenvalue weighted by Gasteiger charge is 2.15. The zero-order chi connectivity index (χ0) is 19.5. The summed E-state index contributed by atoms with van der Waals surface area (Å²) in [6, 6.07) is 7.75. The summed E-state index contributed by atoms with van der Waals surface area (Å²) in [4.78, 5) is 11.6. The van der Waals surface area contributed by atoms with Crippen LogP contribution in [0.4, 0.5) is 4.79 Å². The molecule has 1 aromatic rings. The highest BCUT2D eigenvalue weighted by molar-refractivity contribution is 5.68. The van der Waals surface area contributed by atoms with E-state index in [0.717, 1.165) is 37.2 Å². The Morgan fingerprint density at radius 1 is 1.26 bits per heavy atom. The Bertz CT molecular complexity index is 603. The van der Waals surface area contributed by atoms with Crippen LogP contribution in [-0.2, 0) is 14.2 Å². The number of benzene rings is 1. The van der Waals surface area contributed by atoms with Crippen molar-refractivity contribution < 1.29 is 23.7 Å². The highest BCUT2D eigenvalue weighted by Crippen LogP contribution is 2.19. The van der Waals surface area contributed by atoms with Gasteiger partial charge >= 0.3 is 6.09 Å². The summed E-state index contributed by atoms with van der Waals surface area (Å²) in [6.45, 7) is 7.60. The number of carbonyl (C=O) groups excluding carboxylic acids is 1. The lowest BCUT2D eigenvalue weighted by Crippen LogP contribution is -2.32. The minimum atomic E-state index is -0.501. The monoisotopic (exact) mass is 377 g/mol. The van der Waals surface area contributed by atoms with Gasteiger partial charge in [-0.1, -0.05) is 30.4 Å². The number of rotatable bonds is 8. The molecule has 1 saturated heterocycles. The van der Waals surface area contributed by atoms with Crippen molar-refractivity contribution in [1.29, 1.82) is 0 Å². The number of ether oxygens (including phenoxy) is 4. The first kappa shape index (κ1) is 21.3. The van der Waals surface area contributed by atoms with Gasteiger partial charge in [0.15, 0.2) is 6.29 Å². The third kappa shape index (κ3) is 8.93. The zero-order valence-electron chi connectivity index (χ0n) is 16.5. The molecule has 0 radical (unpaired) electrons. The second-order valence-corrected chi connectivity index (χ2v) is 7.34. The van der Waals surface area contributed by atoms with Crippen molar-refractivity contribution >= 4 is 12.2 Å². The maximum absolute atomic E-state index is 11.6. The van der Waals surface area contributed by atoms with Crippen LogP contribution in [0.2, 0.25) is 0 Å². The topological polar surface area (TPSA) is 66.0 Å². The van der Waals surface area contributed by atoms with Crippen molar-refractivity contribution in [2.24, 2.45) is 0 Å². The van der Waals surface area contributed by atoms with Crippen LogP contribution in [0.15, 0.2) is 30.3 Å². The van der Waals surface area contributed by atoms with Crippen molar-refractivity contribution in [3.05, 3.63) is 35.9 Å². The lowest BCUT2D eigenvalue weighted by atomic mass is 10.2. The van der Waals surface area contributed by atoms with E-state index in [-0.39, 0.29) is 6.29 Å². The molecule has 1 fully saturated rings. The van der Waals surface area contributed by atoms with Crippen molar-refractivity contribution in [3.8, 4) is 5.75 Å². The van der Waals surface area contributed by atoms with Gasteiger partial charge in [-0.25, -0.2) is 4.79 Å². The van der Waals surface area contributed by atoms with Crippen LogP contribution in [-0.4, -0.2) is 44.3 Å². The largest absolute Gasteiger partial charge is 0.491 e. The maximum Gasteiger partial charge on any atom is 0.407 e. The van der Waals surface area contributed by atoms with Crippen LogP contribution >= 0.6 is 0 Å². The third-order valence-electron chi connectivity index (χ3n) is 3.76. The number of para-hydroxylation sites is 1. The molecular formula is C21H31NO5. The first-order chi connectivity index (χ1) is 12.9. The van der Waals surface area contributed by atoms with Crippen LogP contribution in [0.1, 0.15) is 45.6 Å². The smallest absolute Gasteiger partial charge is 0.407 e. The summed E-state index contributed by atoms with van der Waals surface area (Å²) in [7, 11) is 0. The molecule has 0 aromatic heterocycles. The van der Waals surface area contributed by atoms with E-state index in [1.54, 1.807) is 0 Å². The Morgan fingerprint density at radius 2 is 2.07 bits per heavy atom. The Hall–Kier alpha value is -2.05. The molecule has 1 aliphatic rings. The maximum atomic E-state index is 11.6. The van der Waals surface area contributed by atoms with Gasteiger partial charge in [0, 0.05) is 18.7 Å². The van der Waals surface area contributed by atoms with Crippen LogP contribution < -0.4 is 10.1 Å². The van der Waals surface area contributed by atoms with E-state index >= 15 is 0 Å². The van der Waals surface area contributed by atoms with Crippen molar-refractivity contribution in [2.45, 2.75) is 51.9 Å². The molecule has 150 valence electrons. The lowest BCUT2D eigenvalue weighted by Gasteiger charge is -2.22. The normalized spacial score (nSPS) is 17.7. The van der Waals surface area contributed by atoms with Gasteiger partial charge in [0.1, 0.15) is 18.0 Å². The Labute approximate surface area is 161 Å². The van der Waals surface area contributed by atoms with Gasteiger partial charge in [0.25, 0.3) is 0 Å². The molecule has 1 unspecified atom stereocenters. The number of nitrogens with one attached hydrogen (secondary N) is 1. The van der Waals surface area contributed by atoms with Crippen molar-refractivity contribution in [3.63, 3.8) is 0 Å². The van der Waals surface area contributed by atoms with Crippen molar-refractivity contribution in [2.75, 3.05) is 26.4 Å². The lowest BCUT2D eigenvalue weighted by molar-refractivity contribution is -0.165. The molecule has 6 heteroatoms. The second kappa shape index (κ2) is 10.9. The van der Waals surface area contributed by atoms with Gasteiger partial charge in [-0.3, -0.25) is 0 Å². The molecule has 27 heavy (non-hydrogen) atoms. The molecule has 0 bridgehead atoms. The fraction of sp³-hybridized carbons (Fsp3) is 0.571. The molecule has 1 heterocycles. The minimum absolute atomic E-state index is 0.101. The van der Waals surface area contributed by atoms with Crippen LogP contribution in [0.25, 0.3) is 6.08 Å². The molecule has 0 spiro atoms. The van der Waals surface area contributed by atoms with Gasteiger partial charge in [0.2, 0.25) is 0 Å².